The Morgan fingerprint density at radius 1 is 1.25 bits per heavy atom. The number of carbonyl (C=O) groups excluding carboxylic acids is 1. The molecular weight excluding hydrogens is 378 g/mol. The van der Waals surface area contributed by atoms with Crippen LogP contribution in [0, 0.1) is 5.92 Å². The molecule has 2 aliphatic rings. The zero-order valence-electron chi connectivity index (χ0n) is 16.0. The Hall–Kier alpha value is -2.81. The van der Waals surface area contributed by atoms with E-state index in [0.717, 1.165) is 6.42 Å². The highest BCUT2D eigenvalue weighted by molar-refractivity contribution is 7.89. The van der Waals surface area contributed by atoms with Crippen LogP contribution in [0.3, 0.4) is 0 Å². The van der Waals surface area contributed by atoms with Gasteiger partial charge in [0, 0.05) is 18.9 Å². The van der Waals surface area contributed by atoms with Crippen molar-refractivity contribution in [1.82, 2.24) is 14.3 Å². The quantitative estimate of drug-likeness (QED) is 0.767. The Balaban J connectivity index is 1.82. The third-order valence-electron chi connectivity index (χ3n) is 5.10. The fourth-order valence-electron chi connectivity index (χ4n) is 3.59. The number of anilines is 2. The standard InChI is InChI=1S/C19H23N5O3S/c1-12(2)8-10-23-13(3)16(18(25)24-11-9-20-19(23)24)17-21-14-6-4-5-7-15(14)28(26,27)22-17/h4-7,9,11-13,21-22H,8,10H2,1-3H3. The summed E-state index contributed by atoms with van der Waals surface area (Å²) in [4.78, 5) is 19.7. The summed E-state index contributed by atoms with van der Waals surface area (Å²) < 4.78 is 29.4. The Labute approximate surface area is 164 Å². The van der Waals surface area contributed by atoms with Crippen LogP contribution in [-0.2, 0) is 10.0 Å². The average molecular weight is 401 g/mol. The molecule has 2 N–H and O–H groups in total. The number of nitrogens with zero attached hydrogens (tertiary/aromatic N) is 3. The molecule has 1 aromatic heterocycles. The molecule has 0 amide bonds. The molecule has 28 heavy (non-hydrogen) atoms. The van der Waals surface area contributed by atoms with Crippen LogP contribution in [0.5, 0.6) is 0 Å². The average Bonchev–Trinajstić information content (AvgIpc) is 3.11. The molecule has 8 nitrogen and oxygen atoms in total. The van der Waals surface area contributed by atoms with Gasteiger partial charge in [-0.2, -0.15) is 0 Å². The van der Waals surface area contributed by atoms with Crippen LogP contribution in [0.2, 0.25) is 0 Å². The summed E-state index contributed by atoms with van der Waals surface area (Å²) in [5.74, 6) is 0.986. The second-order valence-corrected chi connectivity index (χ2v) is 9.12. The highest BCUT2D eigenvalue weighted by Gasteiger charge is 2.38. The van der Waals surface area contributed by atoms with Crippen molar-refractivity contribution in [2.24, 2.45) is 5.92 Å². The number of para-hydroxylation sites is 1. The van der Waals surface area contributed by atoms with Crippen LogP contribution in [0.15, 0.2) is 52.9 Å². The lowest BCUT2D eigenvalue weighted by molar-refractivity contribution is 0.0939. The normalized spacial score (nSPS) is 23.1. The number of hydrogen-bond donors (Lipinski definition) is 2. The molecule has 0 aliphatic carbocycles. The smallest absolute Gasteiger partial charge is 0.266 e. The number of hydrogen-bond acceptors (Lipinski definition) is 6. The van der Waals surface area contributed by atoms with E-state index in [2.05, 4.69) is 28.9 Å². The molecule has 2 aliphatic heterocycles. The van der Waals surface area contributed by atoms with Crippen molar-refractivity contribution in [2.45, 2.75) is 38.1 Å². The van der Waals surface area contributed by atoms with Crippen molar-refractivity contribution in [2.75, 3.05) is 16.8 Å². The Morgan fingerprint density at radius 2 is 2.00 bits per heavy atom. The van der Waals surface area contributed by atoms with Crippen LogP contribution in [0.4, 0.5) is 11.6 Å². The Kier molecular flexibility index (Phi) is 4.41. The molecule has 3 heterocycles. The lowest BCUT2D eigenvalue weighted by Crippen LogP contribution is -2.48. The van der Waals surface area contributed by atoms with Gasteiger partial charge in [0.25, 0.3) is 15.9 Å². The van der Waals surface area contributed by atoms with E-state index in [4.69, 9.17) is 0 Å². The second kappa shape index (κ2) is 6.66. The third-order valence-corrected chi connectivity index (χ3v) is 6.51. The number of fused-ring (bicyclic) bond motifs is 2. The van der Waals surface area contributed by atoms with Crippen molar-refractivity contribution < 1.29 is 13.2 Å². The molecule has 0 saturated carbocycles. The first-order valence-electron chi connectivity index (χ1n) is 9.27. The number of benzene rings is 1. The van der Waals surface area contributed by atoms with Crippen molar-refractivity contribution in [3.63, 3.8) is 0 Å². The minimum atomic E-state index is -3.76. The predicted molar refractivity (Wildman–Crippen MR) is 107 cm³/mol. The lowest BCUT2D eigenvalue weighted by atomic mass is 10.0. The minimum Gasteiger partial charge on any atom is -0.340 e. The molecular formula is C19H23N5O3S. The van der Waals surface area contributed by atoms with E-state index in [-0.39, 0.29) is 22.7 Å². The highest BCUT2D eigenvalue weighted by atomic mass is 32.2. The van der Waals surface area contributed by atoms with Gasteiger partial charge < -0.3 is 10.2 Å². The number of sulfonamides is 1. The van der Waals surface area contributed by atoms with Gasteiger partial charge in [0.2, 0.25) is 5.95 Å². The molecule has 0 fully saturated rings. The van der Waals surface area contributed by atoms with Crippen molar-refractivity contribution >= 4 is 27.6 Å². The zero-order chi connectivity index (χ0) is 20.1. The van der Waals surface area contributed by atoms with E-state index in [1.807, 2.05) is 11.8 Å². The summed E-state index contributed by atoms with van der Waals surface area (Å²) in [6.45, 7) is 6.89. The van der Waals surface area contributed by atoms with E-state index in [1.54, 1.807) is 30.6 Å². The van der Waals surface area contributed by atoms with E-state index in [9.17, 15) is 13.2 Å². The third kappa shape index (κ3) is 2.95. The van der Waals surface area contributed by atoms with Gasteiger partial charge in [0.1, 0.15) is 10.7 Å². The van der Waals surface area contributed by atoms with Gasteiger partial charge in [0.05, 0.1) is 17.3 Å². The fraction of sp³-hybridized carbons (Fsp3) is 0.368. The molecule has 4 rings (SSSR count). The van der Waals surface area contributed by atoms with Gasteiger partial charge in [-0.05, 0) is 31.4 Å². The predicted octanol–water partition coefficient (Wildman–Crippen LogP) is 2.39. The second-order valence-electron chi connectivity index (χ2n) is 7.47. The highest BCUT2D eigenvalue weighted by Crippen LogP contribution is 2.33. The molecule has 1 unspecified atom stereocenters. The summed E-state index contributed by atoms with van der Waals surface area (Å²) >= 11 is 0. The largest absolute Gasteiger partial charge is 0.340 e. The summed E-state index contributed by atoms with van der Waals surface area (Å²) in [5.41, 5.74) is 0.821. The summed E-state index contributed by atoms with van der Waals surface area (Å²) in [5, 5.41) is 3.10. The van der Waals surface area contributed by atoms with Gasteiger partial charge in [-0.3, -0.25) is 14.1 Å². The molecule has 0 spiro atoms. The maximum absolute atomic E-state index is 13.2. The van der Waals surface area contributed by atoms with Gasteiger partial charge in [-0.25, -0.2) is 13.4 Å². The van der Waals surface area contributed by atoms with Crippen molar-refractivity contribution in [3.8, 4) is 0 Å². The van der Waals surface area contributed by atoms with Crippen molar-refractivity contribution in [1.29, 1.82) is 0 Å². The monoisotopic (exact) mass is 401 g/mol. The van der Waals surface area contributed by atoms with E-state index in [1.165, 1.54) is 10.6 Å². The molecule has 2 aromatic rings. The number of aromatic nitrogens is 2. The number of nitrogens with one attached hydrogen (secondary N) is 2. The van der Waals surface area contributed by atoms with E-state index < -0.39 is 10.0 Å². The maximum Gasteiger partial charge on any atom is 0.266 e. The van der Waals surface area contributed by atoms with Crippen molar-refractivity contribution in [3.05, 3.63) is 48.1 Å². The molecule has 0 bridgehead atoms. The fourth-order valence-corrected chi connectivity index (χ4v) is 4.79. The number of imidazole rings is 1. The topological polar surface area (TPSA) is 96.3 Å². The van der Waals surface area contributed by atoms with Crippen LogP contribution in [-0.4, -0.2) is 36.5 Å². The minimum absolute atomic E-state index is 0.162. The summed E-state index contributed by atoms with van der Waals surface area (Å²) in [6.07, 6.45) is 4.12. The Morgan fingerprint density at radius 3 is 2.75 bits per heavy atom. The van der Waals surface area contributed by atoms with Gasteiger partial charge in [-0.1, -0.05) is 26.0 Å². The van der Waals surface area contributed by atoms with Crippen LogP contribution in [0.25, 0.3) is 0 Å². The summed E-state index contributed by atoms with van der Waals surface area (Å²) in [6, 6.07) is 6.30. The Bertz CT molecular complexity index is 1070. The van der Waals surface area contributed by atoms with Gasteiger partial charge >= 0.3 is 0 Å². The molecule has 0 radical (unpaired) electrons. The molecule has 9 heteroatoms. The van der Waals surface area contributed by atoms with Crippen LogP contribution < -0.4 is 14.9 Å². The van der Waals surface area contributed by atoms with Gasteiger partial charge in [0.15, 0.2) is 0 Å². The molecule has 1 aromatic carbocycles. The van der Waals surface area contributed by atoms with E-state index in [0.29, 0.717) is 29.7 Å². The van der Waals surface area contributed by atoms with Gasteiger partial charge in [-0.15, -0.1) is 0 Å². The van der Waals surface area contributed by atoms with Crippen LogP contribution in [0.1, 0.15) is 32.0 Å². The first-order valence-corrected chi connectivity index (χ1v) is 10.8. The lowest BCUT2D eigenvalue weighted by Gasteiger charge is -2.38. The number of carbonyl (C=O) groups is 1. The molecule has 0 saturated heterocycles. The first-order chi connectivity index (χ1) is 13.3. The number of rotatable bonds is 3. The van der Waals surface area contributed by atoms with Crippen LogP contribution >= 0.6 is 0 Å². The zero-order valence-corrected chi connectivity index (χ0v) is 16.8. The molecule has 1 atom stereocenters. The summed E-state index contributed by atoms with van der Waals surface area (Å²) in [7, 11) is -3.76. The first kappa shape index (κ1) is 18.5. The SMILES string of the molecule is CC(C)CCN1c2nccn2C(=O)C(=C2Nc3ccccc3S(=O)(=O)N2)C1C. The van der Waals surface area contributed by atoms with E-state index >= 15 is 0 Å². The molecule has 148 valence electrons. The maximum atomic E-state index is 13.2.